The van der Waals surface area contributed by atoms with Crippen molar-refractivity contribution in [2.75, 3.05) is 12.4 Å². The molecule has 1 amide bonds. The summed E-state index contributed by atoms with van der Waals surface area (Å²) in [6.07, 6.45) is 1.27. The summed E-state index contributed by atoms with van der Waals surface area (Å²) >= 11 is 0. The van der Waals surface area contributed by atoms with Gasteiger partial charge in [-0.05, 0) is 18.1 Å². The maximum Gasteiger partial charge on any atom is 0.379 e. The van der Waals surface area contributed by atoms with Crippen LogP contribution in [0.3, 0.4) is 0 Å². The van der Waals surface area contributed by atoms with Crippen LogP contribution in [0, 0.1) is 5.92 Å². The first-order valence-electron chi connectivity index (χ1n) is 6.51. The van der Waals surface area contributed by atoms with Gasteiger partial charge in [-0.1, -0.05) is 32.4 Å². The molecule has 0 spiro atoms. The second kappa shape index (κ2) is 7.43. The molecule has 0 fully saturated rings. The predicted molar refractivity (Wildman–Crippen MR) is 75.5 cm³/mol. The Bertz CT molecular complexity index is 510. The number of hydrogen-bond donors (Lipinski definition) is 1. The number of methoxy groups -OCH3 is 1. The smallest absolute Gasteiger partial charge is 0.379 e. The lowest BCUT2D eigenvalue weighted by atomic mass is 10.0. The topological polar surface area (TPSA) is 72.5 Å². The molecule has 0 saturated heterocycles. The average molecular weight is 277 g/mol. The normalized spacial score (nSPS) is 11.6. The largest absolute Gasteiger partial charge is 0.463 e. The SMILES string of the molecule is CC[C@H](C)CC(=O)Nc1ccccc1C(=O)C(=O)OC. The Hall–Kier alpha value is -2.17. The van der Waals surface area contributed by atoms with Crippen molar-refractivity contribution in [1.82, 2.24) is 0 Å². The van der Waals surface area contributed by atoms with Gasteiger partial charge >= 0.3 is 5.97 Å². The number of Topliss-reactive ketones (excluding diaryl/α,β-unsaturated/α-hetero) is 1. The summed E-state index contributed by atoms with van der Waals surface area (Å²) in [6, 6.07) is 6.39. The van der Waals surface area contributed by atoms with Crippen LogP contribution < -0.4 is 5.32 Å². The first-order valence-corrected chi connectivity index (χ1v) is 6.51. The number of nitrogens with one attached hydrogen (secondary N) is 1. The van der Waals surface area contributed by atoms with E-state index in [1.54, 1.807) is 18.2 Å². The summed E-state index contributed by atoms with van der Waals surface area (Å²) in [5.41, 5.74) is 0.466. The quantitative estimate of drug-likeness (QED) is 0.492. The fourth-order valence-electron chi connectivity index (χ4n) is 1.65. The van der Waals surface area contributed by atoms with Crippen LogP contribution in [0.25, 0.3) is 0 Å². The first kappa shape index (κ1) is 15.9. The number of rotatable bonds is 6. The van der Waals surface area contributed by atoms with E-state index in [4.69, 9.17) is 0 Å². The Kier molecular flexibility index (Phi) is 5.90. The number of esters is 1. The van der Waals surface area contributed by atoms with Crippen molar-refractivity contribution in [3.05, 3.63) is 29.8 Å². The minimum absolute atomic E-state index is 0.136. The van der Waals surface area contributed by atoms with Gasteiger partial charge in [0.1, 0.15) is 0 Å². The second-order valence-electron chi connectivity index (χ2n) is 4.63. The van der Waals surface area contributed by atoms with Crippen LogP contribution in [0.2, 0.25) is 0 Å². The van der Waals surface area contributed by atoms with E-state index in [2.05, 4.69) is 10.1 Å². The number of anilines is 1. The molecule has 1 atom stereocenters. The van der Waals surface area contributed by atoms with Gasteiger partial charge in [0.15, 0.2) is 0 Å². The van der Waals surface area contributed by atoms with Crippen LogP contribution >= 0.6 is 0 Å². The molecule has 5 nitrogen and oxygen atoms in total. The fraction of sp³-hybridized carbons (Fsp3) is 0.400. The molecule has 1 aromatic rings. The Morgan fingerprint density at radius 1 is 1.25 bits per heavy atom. The number of ketones is 1. The summed E-state index contributed by atoms with van der Waals surface area (Å²) < 4.78 is 4.41. The fourth-order valence-corrected chi connectivity index (χ4v) is 1.65. The molecule has 1 rings (SSSR count). The van der Waals surface area contributed by atoms with Crippen molar-refractivity contribution >= 4 is 23.3 Å². The van der Waals surface area contributed by atoms with Crippen molar-refractivity contribution in [2.45, 2.75) is 26.7 Å². The highest BCUT2D eigenvalue weighted by Gasteiger charge is 2.20. The third-order valence-electron chi connectivity index (χ3n) is 3.05. The molecule has 0 radical (unpaired) electrons. The molecule has 0 bridgehead atoms. The highest BCUT2D eigenvalue weighted by Crippen LogP contribution is 2.17. The number of benzene rings is 1. The van der Waals surface area contributed by atoms with Gasteiger partial charge in [-0.25, -0.2) is 4.79 Å². The van der Waals surface area contributed by atoms with Crippen molar-refractivity contribution in [2.24, 2.45) is 5.92 Å². The van der Waals surface area contributed by atoms with Crippen molar-refractivity contribution in [1.29, 1.82) is 0 Å². The van der Waals surface area contributed by atoms with Gasteiger partial charge in [-0.15, -0.1) is 0 Å². The lowest BCUT2D eigenvalue weighted by Crippen LogP contribution is -2.20. The molecule has 0 saturated carbocycles. The minimum Gasteiger partial charge on any atom is -0.463 e. The zero-order valence-corrected chi connectivity index (χ0v) is 11.9. The number of para-hydroxylation sites is 1. The molecule has 0 aliphatic carbocycles. The zero-order valence-electron chi connectivity index (χ0n) is 11.9. The molecule has 5 heteroatoms. The average Bonchev–Trinajstić information content (AvgIpc) is 2.45. The molecule has 0 aromatic heterocycles. The maximum absolute atomic E-state index is 11.9. The predicted octanol–water partition coefficient (Wildman–Crippen LogP) is 2.42. The van der Waals surface area contributed by atoms with E-state index in [0.29, 0.717) is 12.1 Å². The van der Waals surface area contributed by atoms with Crippen molar-refractivity contribution in [3.8, 4) is 0 Å². The van der Waals surface area contributed by atoms with E-state index < -0.39 is 11.8 Å². The molecule has 1 N–H and O–H groups in total. The first-order chi connectivity index (χ1) is 9.49. The number of carbonyl (C=O) groups excluding carboxylic acids is 3. The Balaban J connectivity index is 2.88. The van der Waals surface area contributed by atoms with Crippen LogP contribution in [-0.4, -0.2) is 24.8 Å². The molecular formula is C15H19NO4. The third kappa shape index (κ3) is 4.19. The highest BCUT2D eigenvalue weighted by molar-refractivity contribution is 6.42. The highest BCUT2D eigenvalue weighted by atomic mass is 16.5. The molecule has 20 heavy (non-hydrogen) atoms. The van der Waals surface area contributed by atoms with E-state index in [1.807, 2.05) is 13.8 Å². The van der Waals surface area contributed by atoms with Gasteiger partial charge in [-0.3, -0.25) is 9.59 Å². The summed E-state index contributed by atoms with van der Waals surface area (Å²) in [6.45, 7) is 3.98. The van der Waals surface area contributed by atoms with Crippen LogP contribution in [0.15, 0.2) is 24.3 Å². The van der Waals surface area contributed by atoms with Crippen molar-refractivity contribution in [3.63, 3.8) is 0 Å². The summed E-state index contributed by atoms with van der Waals surface area (Å²) in [7, 11) is 1.14. The summed E-state index contributed by atoms with van der Waals surface area (Å²) in [5, 5.41) is 2.67. The Morgan fingerprint density at radius 2 is 1.90 bits per heavy atom. The number of amides is 1. The van der Waals surface area contributed by atoms with Crippen LogP contribution in [0.1, 0.15) is 37.0 Å². The summed E-state index contributed by atoms with van der Waals surface area (Å²) in [5.74, 6) is -1.64. The Morgan fingerprint density at radius 3 is 2.50 bits per heavy atom. The lowest BCUT2D eigenvalue weighted by molar-refractivity contribution is -0.135. The molecule has 0 heterocycles. The van der Waals surface area contributed by atoms with E-state index in [1.165, 1.54) is 6.07 Å². The number of carbonyl (C=O) groups is 3. The summed E-state index contributed by atoms with van der Waals surface area (Å²) in [4.78, 5) is 35.0. The van der Waals surface area contributed by atoms with E-state index in [0.717, 1.165) is 13.5 Å². The third-order valence-corrected chi connectivity index (χ3v) is 3.05. The molecule has 0 unspecified atom stereocenters. The number of ether oxygens (including phenoxy) is 1. The monoisotopic (exact) mass is 277 g/mol. The van der Waals surface area contributed by atoms with E-state index in [9.17, 15) is 14.4 Å². The van der Waals surface area contributed by atoms with E-state index in [-0.39, 0.29) is 17.4 Å². The van der Waals surface area contributed by atoms with Gasteiger partial charge in [0.05, 0.1) is 18.4 Å². The second-order valence-corrected chi connectivity index (χ2v) is 4.63. The van der Waals surface area contributed by atoms with Crippen LogP contribution in [0.5, 0.6) is 0 Å². The molecule has 108 valence electrons. The van der Waals surface area contributed by atoms with Gasteiger partial charge in [-0.2, -0.15) is 0 Å². The van der Waals surface area contributed by atoms with Gasteiger partial charge in [0.25, 0.3) is 5.78 Å². The zero-order chi connectivity index (χ0) is 15.1. The van der Waals surface area contributed by atoms with Crippen molar-refractivity contribution < 1.29 is 19.1 Å². The molecular weight excluding hydrogens is 258 g/mol. The van der Waals surface area contributed by atoms with E-state index >= 15 is 0 Å². The van der Waals surface area contributed by atoms with Gasteiger partial charge in [0, 0.05) is 6.42 Å². The van der Waals surface area contributed by atoms with Gasteiger partial charge in [0.2, 0.25) is 5.91 Å². The molecule has 0 aliphatic heterocycles. The van der Waals surface area contributed by atoms with Gasteiger partial charge < -0.3 is 10.1 Å². The minimum atomic E-state index is -0.950. The standard InChI is InChI=1S/C15H19NO4/c1-4-10(2)9-13(17)16-12-8-6-5-7-11(12)14(18)15(19)20-3/h5-8,10H,4,9H2,1-3H3,(H,16,17)/t10-/m0/s1. The molecule has 0 aliphatic rings. The Labute approximate surface area is 118 Å². The number of hydrogen-bond acceptors (Lipinski definition) is 4. The maximum atomic E-state index is 11.9. The van der Waals surface area contributed by atoms with Crippen LogP contribution in [-0.2, 0) is 14.3 Å². The van der Waals surface area contributed by atoms with Crippen LogP contribution in [0.4, 0.5) is 5.69 Å². The molecule has 1 aromatic carbocycles. The lowest BCUT2D eigenvalue weighted by Gasteiger charge is -2.11.